The third kappa shape index (κ3) is 5.32. The predicted octanol–water partition coefficient (Wildman–Crippen LogP) is 1.70. The molecule has 5 amide bonds. The van der Waals surface area contributed by atoms with Gasteiger partial charge in [-0.1, -0.05) is 24.3 Å². The first kappa shape index (κ1) is 25.4. The van der Waals surface area contributed by atoms with Crippen LogP contribution in [-0.2, 0) is 14.4 Å². The van der Waals surface area contributed by atoms with Crippen molar-refractivity contribution in [2.24, 2.45) is 0 Å². The van der Waals surface area contributed by atoms with Crippen LogP contribution in [0.1, 0.15) is 41.5 Å². The van der Waals surface area contributed by atoms with Crippen molar-refractivity contribution >= 4 is 40.9 Å². The summed E-state index contributed by atoms with van der Waals surface area (Å²) in [5.74, 6) is -2.55. The Morgan fingerprint density at radius 3 is 1.80 bits per heavy atom. The standard InChI is InChI=1S/C25H29N5O5/c1-14-21(31)27-20-13-9-7-11-18(20)25(35)30(5)16(3)24(34)29(4)15(2)22(32)28-19-12-8-6-10-17(19)23(33)26-14/h6-16H,1-5H3,(H,26,33)(H,27,31)(H,28,32). The van der Waals surface area contributed by atoms with E-state index in [-0.39, 0.29) is 22.5 Å². The molecule has 0 radical (unpaired) electrons. The van der Waals surface area contributed by atoms with Crippen LogP contribution < -0.4 is 16.0 Å². The van der Waals surface area contributed by atoms with E-state index in [4.69, 9.17) is 0 Å². The van der Waals surface area contributed by atoms with Gasteiger partial charge >= 0.3 is 0 Å². The summed E-state index contributed by atoms with van der Waals surface area (Å²) in [7, 11) is 2.96. The molecule has 3 atom stereocenters. The lowest BCUT2D eigenvalue weighted by atomic mass is 10.1. The van der Waals surface area contributed by atoms with Crippen molar-refractivity contribution in [3.63, 3.8) is 0 Å². The molecule has 1 aliphatic heterocycles. The fourth-order valence-corrected chi connectivity index (χ4v) is 3.58. The average molecular weight is 480 g/mol. The van der Waals surface area contributed by atoms with Gasteiger partial charge < -0.3 is 25.8 Å². The molecule has 0 spiro atoms. The number of amides is 5. The molecule has 0 aliphatic carbocycles. The molecule has 3 rings (SSSR count). The van der Waals surface area contributed by atoms with Crippen molar-refractivity contribution in [2.75, 3.05) is 24.7 Å². The quantitative estimate of drug-likeness (QED) is 0.530. The van der Waals surface area contributed by atoms with Crippen LogP contribution in [0.4, 0.5) is 11.4 Å². The summed E-state index contributed by atoms with van der Waals surface area (Å²) in [6, 6.07) is 10.1. The minimum Gasteiger partial charge on any atom is -0.340 e. The third-order valence-electron chi connectivity index (χ3n) is 6.15. The average Bonchev–Trinajstić information content (AvgIpc) is 2.85. The Morgan fingerprint density at radius 1 is 0.657 bits per heavy atom. The summed E-state index contributed by atoms with van der Waals surface area (Å²) in [5.41, 5.74) is 0.836. The number of carbonyl (C=O) groups is 5. The Balaban J connectivity index is 2.06. The van der Waals surface area contributed by atoms with Crippen LogP contribution in [0, 0.1) is 0 Å². The minimum atomic E-state index is -0.951. The zero-order chi connectivity index (χ0) is 25.9. The highest BCUT2D eigenvalue weighted by Gasteiger charge is 2.32. The van der Waals surface area contributed by atoms with Crippen molar-refractivity contribution in [3.05, 3.63) is 59.7 Å². The first-order valence-electron chi connectivity index (χ1n) is 11.2. The molecule has 0 saturated heterocycles. The molecule has 1 heterocycles. The van der Waals surface area contributed by atoms with Gasteiger partial charge in [-0.05, 0) is 45.0 Å². The molecule has 0 fully saturated rings. The normalized spacial score (nSPS) is 22.4. The highest BCUT2D eigenvalue weighted by Crippen LogP contribution is 2.20. The Morgan fingerprint density at radius 2 is 1.17 bits per heavy atom. The number of hydrogen-bond acceptors (Lipinski definition) is 5. The second kappa shape index (κ2) is 10.4. The van der Waals surface area contributed by atoms with E-state index in [0.29, 0.717) is 0 Å². The van der Waals surface area contributed by atoms with Crippen molar-refractivity contribution in [2.45, 2.75) is 38.9 Å². The van der Waals surface area contributed by atoms with Crippen LogP contribution in [-0.4, -0.2) is 71.6 Å². The van der Waals surface area contributed by atoms with Gasteiger partial charge in [0.1, 0.15) is 18.1 Å². The van der Waals surface area contributed by atoms with E-state index in [9.17, 15) is 24.0 Å². The zero-order valence-corrected chi connectivity index (χ0v) is 20.3. The second-order valence-corrected chi connectivity index (χ2v) is 8.48. The van der Waals surface area contributed by atoms with Gasteiger partial charge in [-0.15, -0.1) is 0 Å². The first-order valence-corrected chi connectivity index (χ1v) is 11.2. The van der Waals surface area contributed by atoms with Gasteiger partial charge in [0.15, 0.2) is 0 Å². The Labute approximate surface area is 203 Å². The van der Waals surface area contributed by atoms with E-state index < -0.39 is 47.7 Å². The summed E-state index contributed by atoms with van der Waals surface area (Å²) in [6.45, 7) is 4.63. The Hall–Kier alpha value is -4.21. The number of carbonyl (C=O) groups excluding carboxylic acids is 5. The van der Waals surface area contributed by atoms with Gasteiger partial charge in [0.05, 0.1) is 22.5 Å². The summed E-state index contributed by atoms with van der Waals surface area (Å²) < 4.78 is 0. The van der Waals surface area contributed by atoms with E-state index in [1.165, 1.54) is 36.9 Å². The lowest BCUT2D eigenvalue weighted by Gasteiger charge is -2.31. The van der Waals surface area contributed by atoms with Gasteiger partial charge in [-0.25, -0.2) is 0 Å². The smallest absolute Gasteiger partial charge is 0.256 e. The van der Waals surface area contributed by atoms with E-state index in [0.717, 1.165) is 0 Å². The topological polar surface area (TPSA) is 128 Å². The van der Waals surface area contributed by atoms with E-state index >= 15 is 0 Å². The predicted molar refractivity (Wildman–Crippen MR) is 131 cm³/mol. The zero-order valence-electron chi connectivity index (χ0n) is 20.3. The SMILES string of the molecule is CC1NC(=O)c2ccccc2NC(=O)C(C)N(C)C(=O)C(C)N(C)C(=O)c2ccccc2NC1=O. The molecule has 0 bridgehead atoms. The van der Waals surface area contributed by atoms with Crippen LogP contribution in [0.5, 0.6) is 0 Å². The number of hydrogen-bond donors (Lipinski definition) is 3. The monoisotopic (exact) mass is 479 g/mol. The van der Waals surface area contributed by atoms with Gasteiger partial charge in [0.25, 0.3) is 11.8 Å². The summed E-state index contributed by atoms with van der Waals surface area (Å²) in [5, 5.41) is 7.99. The van der Waals surface area contributed by atoms with Gasteiger partial charge in [0, 0.05) is 14.1 Å². The number of nitrogens with zero attached hydrogens (tertiary/aromatic N) is 2. The lowest BCUT2D eigenvalue weighted by Crippen LogP contribution is -2.51. The largest absolute Gasteiger partial charge is 0.340 e. The van der Waals surface area contributed by atoms with Crippen LogP contribution in [0.3, 0.4) is 0 Å². The summed E-state index contributed by atoms with van der Waals surface area (Å²) in [6.07, 6.45) is 0. The lowest BCUT2D eigenvalue weighted by molar-refractivity contribution is -0.139. The van der Waals surface area contributed by atoms with Crippen molar-refractivity contribution < 1.29 is 24.0 Å². The first-order chi connectivity index (χ1) is 16.5. The number of nitrogens with one attached hydrogen (secondary N) is 3. The minimum absolute atomic E-state index is 0.162. The Kier molecular flexibility index (Phi) is 7.53. The van der Waals surface area contributed by atoms with Crippen LogP contribution >= 0.6 is 0 Å². The van der Waals surface area contributed by atoms with Crippen LogP contribution in [0.25, 0.3) is 0 Å². The molecule has 3 unspecified atom stereocenters. The number of fused-ring (bicyclic) bond motifs is 2. The fraction of sp³-hybridized carbons (Fsp3) is 0.320. The maximum Gasteiger partial charge on any atom is 0.256 e. The molecule has 35 heavy (non-hydrogen) atoms. The molecular formula is C25H29N5O5. The molecular weight excluding hydrogens is 450 g/mol. The molecule has 1 aliphatic rings. The van der Waals surface area contributed by atoms with Gasteiger partial charge in [-0.3, -0.25) is 24.0 Å². The Bertz CT molecular complexity index is 1180. The number of rotatable bonds is 0. The summed E-state index contributed by atoms with van der Waals surface area (Å²) >= 11 is 0. The molecule has 3 N–H and O–H groups in total. The maximum absolute atomic E-state index is 13.2. The van der Waals surface area contributed by atoms with E-state index in [1.54, 1.807) is 56.3 Å². The summed E-state index contributed by atoms with van der Waals surface area (Å²) in [4.78, 5) is 67.6. The van der Waals surface area contributed by atoms with Crippen molar-refractivity contribution in [1.29, 1.82) is 0 Å². The molecule has 0 saturated carbocycles. The molecule has 184 valence electrons. The fourth-order valence-electron chi connectivity index (χ4n) is 3.58. The highest BCUT2D eigenvalue weighted by molar-refractivity contribution is 6.09. The number of anilines is 2. The number of benzene rings is 2. The van der Waals surface area contributed by atoms with Crippen LogP contribution in [0.15, 0.2) is 48.5 Å². The van der Waals surface area contributed by atoms with Crippen molar-refractivity contribution in [3.8, 4) is 0 Å². The molecule has 10 heteroatoms. The molecule has 2 aromatic rings. The number of para-hydroxylation sites is 2. The van der Waals surface area contributed by atoms with Crippen LogP contribution in [0.2, 0.25) is 0 Å². The maximum atomic E-state index is 13.2. The van der Waals surface area contributed by atoms with Gasteiger partial charge in [0.2, 0.25) is 17.7 Å². The van der Waals surface area contributed by atoms with Gasteiger partial charge in [-0.2, -0.15) is 0 Å². The van der Waals surface area contributed by atoms with Crippen molar-refractivity contribution in [1.82, 2.24) is 15.1 Å². The third-order valence-corrected chi connectivity index (χ3v) is 6.15. The highest BCUT2D eigenvalue weighted by atomic mass is 16.2. The van der Waals surface area contributed by atoms with E-state index in [1.807, 2.05) is 0 Å². The molecule has 0 aromatic heterocycles. The molecule has 2 aromatic carbocycles. The number of likely N-dealkylation sites (N-methyl/N-ethyl adjacent to an activating group) is 2. The van der Waals surface area contributed by atoms with E-state index in [2.05, 4.69) is 16.0 Å². The molecule has 10 nitrogen and oxygen atoms in total. The second-order valence-electron chi connectivity index (χ2n) is 8.48.